The van der Waals surface area contributed by atoms with Crippen LogP contribution >= 0.6 is 0 Å². The minimum Gasteiger partial charge on any atom is -0.372 e. The molecule has 1 saturated heterocycles. The van der Waals surface area contributed by atoms with Gasteiger partial charge in [0, 0.05) is 18.8 Å². The molecule has 1 aliphatic carbocycles. The van der Waals surface area contributed by atoms with Crippen LogP contribution in [0.15, 0.2) is 75.0 Å². The van der Waals surface area contributed by atoms with Crippen LogP contribution in [0.1, 0.15) is 20.3 Å². The van der Waals surface area contributed by atoms with Gasteiger partial charge in [0.2, 0.25) is 6.35 Å². The zero-order valence-corrected chi connectivity index (χ0v) is 19.0. The number of hydrogen-bond acceptors (Lipinski definition) is 10. The Bertz CT molecular complexity index is 1090. The van der Waals surface area contributed by atoms with Crippen molar-refractivity contribution in [3.8, 4) is 6.07 Å². The fourth-order valence-corrected chi connectivity index (χ4v) is 3.44. The van der Waals surface area contributed by atoms with Gasteiger partial charge in [0.1, 0.15) is 6.07 Å². The predicted molar refractivity (Wildman–Crippen MR) is 125 cm³/mol. The lowest BCUT2D eigenvalue weighted by Crippen LogP contribution is -2.60. The molecule has 1 amide bonds. The van der Waals surface area contributed by atoms with Crippen molar-refractivity contribution in [2.24, 2.45) is 15.3 Å². The van der Waals surface area contributed by atoms with Crippen LogP contribution in [0.4, 0.5) is 11.4 Å². The Balaban J connectivity index is 1.34. The summed E-state index contributed by atoms with van der Waals surface area (Å²) >= 11 is 0. The number of benzene rings is 1. The molecular formula is C23H26N8O3. The Morgan fingerprint density at radius 3 is 2.65 bits per heavy atom. The Morgan fingerprint density at radius 1 is 1.29 bits per heavy atom. The van der Waals surface area contributed by atoms with Crippen LogP contribution in [0, 0.1) is 11.3 Å². The first kappa shape index (κ1) is 23.5. The highest BCUT2D eigenvalue weighted by Gasteiger charge is 2.33. The standard InChI is InChI=1S/C23H26N8O3/c1-3-30(4-2)19-11-9-18(10-12-19)28-27-17-7-5-16(6-8-17)13-20-21(14-24)29-31(22(20)32)34-33-23-25-15-26-23/h5-7,9-13,17,23,25-26H,3-4,8,15H2,1-2H3/b20-13-,28-27?. The molecule has 2 N–H and O–H groups in total. The van der Waals surface area contributed by atoms with Gasteiger partial charge in [-0.1, -0.05) is 28.4 Å². The molecule has 176 valence electrons. The van der Waals surface area contributed by atoms with Gasteiger partial charge >= 0.3 is 5.91 Å². The second-order valence-electron chi connectivity index (χ2n) is 7.60. The fraction of sp³-hybridized carbons (Fsp3) is 0.348. The van der Waals surface area contributed by atoms with E-state index in [4.69, 9.17) is 9.88 Å². The molecule has 11 heteroatoms. The molecule has 0 saturated carbocycles. The van der Waals surface area contributed by atoms with Crippen LogP contribution in [-0.4, -0.2) is 48.9 Å². The summed E-state index contributed by atoms with van der Waals surface area (Å²) in [6.07, 6.45) is 7.37. The van der Waals surface area contributed by atoms with Gasteiger partial charge in [0.25, 0.3) is 0 Å². The average molecular weight is 463 g/mol. The number of allylic oxidation sites excluding steroid dienone is 3. The molecule has 1 aromatic carbocycles. The van der Waals surface area contributed by atoms with E-state index in [1.807, 2.05) is 48.6 Å². The minimum atomic E-state index is -0.583. The molecule has 4 rings (SSSR count). The molecular weight excluding hydrogens is 436 g/mol. The third-order valence-corrected chi connectivity index (χ3v) is 5.46. The quantitative estimate of drug-likeness (QED) is 0.250. The zero-order valence-electron chi connectivity index (χ0n) is 19.0. The second kappa shape index (κ2) is 11.0. The van der Waals surface area contributed by atoms with E-state index < -0.39 is 12.3 Å². The number of anilines is 1. The van der Waals surface area contributed by atoms with Gasteiger partial charge in [-0.3, -0.25) is 15.4 Å². The van der Waals surface area contributed by atoms with Crippen LogP contribution in [-0.2, 0) is 14.7 Å². The first-order valence-corrected chi connectivity index (χ1v) is 11.1. The Morgan fingerprint density at radius 2 is 2.06 bits per heavy atom. The molecule has 11 nitrogen and oxygen atoms in total. The highest BCUT2D eigenvalue weighted by atomic mass is 17.3. The van der Waals surface area contributed by atoms with Crippen molar-refractivity contribution < 1.29 is 14.7 Å². The molecule has 2 aliphatic heterocycles. The number of nitrogens with one attached hydrogen (secondary N) is 2. The van der Waals surface area contributed by atoms with Crippen LogP contribution in [0.25, 0.3) is 0 Å². The van der Waals surface area contributed by atoms with Gasteiger partial charge in [0.15, 0.2) is 5.71 Å². The predicted octanol–water partition coefficient (Wildman–Crippen LogP) is 2.82. The van der Waals surface area contributed by atoms with E-state index in [0.717, 1.165) is 30.0 Å². The summed E-state index contributed by atoms with van der Waals surface area (Å²) < 4.78 is 0. The first-order valence-electron chi connectivity index (χ1n) is 11.1. The number of hydrazone groups is 1. The Kier molecular flexibility index (Phi) is 7.56. The Labute approximate surface area is 197 Å². The minimum absolute atomic E-state index is 0.0487. The lowest BCUT2D eigenvalue weighted by molar-refractivity contribution is -0.444. The fourth-order valence-electron chi connectivity index (χ4n) is 3.44. The zero-order chi connectivity index (χ0) is 23.9. The Hall–Kier alpha value is -3.69. The van der Waals surface area contributed by atoms with Gasteiger partial charge in [-0.15, -0.1) is 5.10 Å². The van der Waals surface area contributed by atoms with Gasteiger partial charge in [-0.05, 0) is 56.2 Å². The smallest absolute Gasteiger partial charge is 0.305 e. The number of nitriles is 1. The van der Waals surface area contributed by atoms with E-state index >= 15 is 0 Å². The van der Waals surface area contributed by atoms with E-state index in [2.05, 4.69) is 44.7 Å². The lowest BCUT2D eigenvalue weighted by Gasteiger charge is -2.27. The van der Waals surface area contributed by atoms with Crippen molar-refractivity contribution in [3.05, 3.63) is 59.7 Å². The number of nitrogens with zero attached hydrogens (tertiary/aromatic N) is 6. The van der Waals surface area contributed by atoms with Crippen LogP contribution < -0.4 is 15.5 Å². The summed E-state index contributed by atoms with van der Waals surface area (Å²) in [5, 5.41) is 28.3. The molecule has 1 aromatic rings. The molecule has 0 bridgehead atoms. The number of carbonyl (C=O) groups is 1. The van der Waals surface area contributed by atoms with Gasteiger partial charge in [0.05, 0.1) is 24.0 Å². The third-order valence-electron chi connectivity index (χ3n) is 5.46. The third kappa shape index (κ3) is 5.44. The van der Waals surface area contributed by atoms with Crippen molar-refractivity contribution in [2.75, 3.05) is 24.7 Å². The van der Waals surface area contributed by atoms with E-state index in [0.29, 0.717) is 18.3 Å². The van der Waals surface area contributed by atoms with Gasteiger partial charge in [-0.25, -0.2) is 0 Å². The molecule has 1 unspecified atom stereocenters. The normalized spacial score (nSPS) is 21.6. The van der Waals surface area contributed by atoms with Gasteiger partial charge < -0.3 is 4.90 Å². The van der Waals surface area contributed by atoms with E-state index in [1.165, 1.54) is 0 Å². The van der Waals surface area contributed by atoms with Crippen molar-refractivity contribution in [1.29, 1.82) is 5.26 Å². The maximum atomic E-state index is 12.6. The monoisotopic (exact) mass is 462 g/mol. The summed E-state index contributed by atoms with van der Waals surface area (Å²) in [6.45, 7) is 6.74. The SMILES string of the molecule is CCN(CC)c1ccc(N=NC2C=CC(/C=C3\C(=O)N(OOC4NCN4)N=C3C#N)=CC2)cc1. The molecule has 34 heavy (non-hydrogen) atoms. The molecule has 2 heterocycles. The summed E-state index contributed by atoms with van der Waals surface area (Å²) in [4.78, 5) is 24.7. The van der Waals surface area contributed by atoms with E-state index in [9.17, 15) is 10.1 Å². The van der Waals surface area contributed by atoms with E-state index in [1.54, 1.807) is 6.08 Å². The highest BCUT2D eigenvalue weighted by Crippen LogP contribution is 2.24. The lowest BCUT2D eigenvalue weighted by atomic mass is 10.00. The summed E-state index contributed by atoms with van der Waals surface area (Å²) in [5.41, 5.74) is 2.81. The van der Waals surface area contributed by atoms with Crippen LogP contribution in [0.2, 0.25) is 0 Å². The van der Waals surface area contributed by atoms with E-state index in [-0.39, 0.29) is 17.3 Å². The van der Waals surface area contributed by atoms with Crippen LogP contribution in [0.5, 0.6) is 0 Å². The first-order chi connectivity index (χ1) is 16.6. The molecule has 0 aromatic heterocycles. The van der Waals surface area contributed by atoms with Crippen molar-refractivity contribution in [3.63, 3.8) is 0 Å². The average Bonchev–Trinajstić information content (AvgIpc) is 3.13. The number of rotatable bonds is 9. The second-order valence-corrected chi connectivity index (χ2v) is 7.60. The topological polar surface area (TPSA) is 127 Å². The molecule has 0 spiro atoms. The maximum Gasteiger partial charge on any atom is 0.305 e. The molecule has 1 atom stereocenters. The summed E-state index contributed by atoms with van der Waals surface area (Å²) in [6, 6.07) is 9.81. The molecule has 1 fully saturated rings. The number of carbonyl (C=O) groups excluding carboxylic acids is 1. The van der Waals surface area contributed by atoms with Crippen molar-refractivity contribution in [1.82, 2.24) is 15.8 Å². The number of hydrogen-bond donors (Lipinski definition) is 2. The molecule has 0 radical (unpaired) electrons. The number of amides is 1. The van der Waals surface area contributed by atoms with Crippen molar-refractivity contribution in [2.45, 2.75) is 32.7 Å². The maximum absolute atomic E-state index is 12.6. The number of azo groups is 1. The van der Waals surface area contributed by atoms with Gasteiger partial charge in [-0.2, -0.15) is 20.4 Å². The number of hydroxylamine groups is 1. The van der Waals surface area contributed by atoms with Crippen LogP contribution in [0.3, 0.4) is 0 Å². The summed E-state index contributed by atoms with van der Waals surface area (Å²) in [5.74, 6) is -0.583. The highest BCUT2D eigenvalue weighted by molar-refractivity contribution is 6.30. The molecule has 3 aliphatic rings. The largest absolute Gasteiger partial charge is 0.372 e. The van der Waals surface area contributed by atoms with Crippen molar-refractivity contribution >= 4 is 23.0 Å². The summed E-state index contributed by atoms with van der Waals surface area (Å²) in [7, 11) is 0.